The molecule has 0 unspecified atom stereocenters. The molecule has 8 heteroatoms. The zero-order chi connectivity index (χ0) is 23.2. The van der Waals surface area contributed by atoms with Gasteiger partial charge in [0, 0.05) is 21.3 Å². The van der Waals surface area contributed by atoms with E-state index in [-0.39, 0.29) is 5.11 Å². The smallest absolute Gasteiger partial charge is 0.343 e. The molecule has 4 aromatic carbocycles. The van der Waals surface area contributed by atoms with Crippen LogP contribution >= 0.6 is 35.4 Å². The van der Waals surface area contributed by atoms with Gasteiger partial charge in [0.15, 0.2) is 5.11 Å². The highest BCUT2D eigenvalue weighted by Gasteiger charge is 2.13. The Morgan fingerprint density at radius 2 is 1.70 bits per heavy atom. The van der Waals surface area contributed by atoms with Crippen molar-refractivity contribution in [3.05, 3.63) is 106 Å². The number of fused-ring (bicyclic) bond motifs is 1. The van der Waals surface area contributed by atoms with Crippen LogP contribution in [-0.4, -0.2) is 17.3 Å². The third-order valence-electron chi connectivity index (χ3n) is 4.66. The van der Waals surface area contributed by atoms with Gasteiger partial charge < -0.3 is 10.1 Å². The lowest BCUT2D eigenvalue weighted by Gasteiger charge is -2.11. The van der Waals surface area contributed by atoms with Crippen LogP contribution in [0.2, 0.25) is 10.0 Å². The minimum Gasteiger partial charge on any atom is -0.422 e. The molecule has 0 spiro atoms. The predicted octanol–water partition coefficient (Wildman–Crippen LogP) is 6.69. The van der Waals surface area contributed by atoms with E-state index in [1.54, 1.807) is 48.7 Å². The summed E-state index contributed by atoms with van der Waals surface area (Å²) in [5.41, 5.74) is 4.53. The molecule has 0 saturated carbocycles. The SMILES string of the molecule is O=C(Oc1ccc2ccccc2c1C=NNC(=S)Nc1cccc(Cl)c1)c1ccc(Cl)cc1. The Hall–Kier alpha value is -3.45. The van der Waals surface area contributed by atoms with Crippen LogP contribution in [0.15, 0.2) is 90.0 Å². The summed E-state index contributed by atoms with van der Waals surface area (Å²) < 4.78 is 5.68. The highest BCUT2D eigenvalue weighted by atomic mass is 35.5. The third kappa shape index (κ3) is 5.87. The molecule has 2 N–H and O–H groups in total. The van der Waals surface area contributed by atoms with Crippen molar-refractivity contribution in [1.82, 2.24) is 5.43 Å². The van der Waals surface area contributed by atoms with Gasteiger partial charge in [0.05, 0.1) is 11.8 Å². The lowest BCUT2D eigenvalue weighted by molar-refractivity contribution is 0.0735. The van der Waals surface area contributed by atoms with Crippen LogP contribution in [0.4, 0.5) is 5.69 Å². The second kappa shape index (κ2) is 10.4. The van der Waals surface area contributed by atoms with Crippen molar-refractivity contribution in [3.8, 4) is 5.75 Å². The lowest BCUT2D eigenvalue weighted by Crippen LogP contribution is -2.23. The van der Waals surface area contributed by atoms with E-state index in [4.69, 9.17) is 40.2 Å². The monoisotopic (exact) mass is 493 g/mol. The van der Waals surface area contributed by atoms with Crippen molar-refractivity contribution >= 4 is 69.2 Å². The predicted molar refractivity (Wildman–Crippen MR) is 139 cm³/mol. The normalized spacial score (nSPS) is 10.8. The Bertz CT molecular complexity index is 1360. The quantitative estimate of drug-likeness (QED) is 0.106. The minimum absolute atomic E-state index is 0.286. The van der Waals surface area contributed by atoms with Crippen LogP contribution in [0.3, 0.4) is 0 Å². The molecule has 0 aromatic heterocycles. The van der Waals surface area contributed by atoms with Crippen molar-refractivity contribution in [2.75, 3.05) is 5.32 Å². The summed E-state index contributed by atoms with van der Waals surface area (Å²) in [5.74, 6) is -0.129. The van der Waals surface area contributed by atoms with Crippen molar-refractivity contribution in [1.29, 1.82) is 0 Å². The van der Waals surface area contributed by atoms with Gasteiger partial charge in [-0.2, -0.15) is 5.10 Å². The number of hydrogen-bond acceptors (Lipinski definition) is 4. The van der Waals surface area contributed by atoms with Crippen LogP contribution in [0, 0.1) is 0 Å². The van der Waals surface area contributed by atoms with Gasteiger partial charge in [-0.1, -0.05) is 59.6 Å². The first-order valence-electron chi connectivity index (χ1n) is 9.85. The van der Waals surface area contributed by atoms with E-state index >= 15 is 0 Å². The number of carbonyl (C=O) groups is 1. The molecule has 0 atom stereocenters. The Balaban J connectivity index is 1.56. The van der Waals surface area contributed by atoms with Crippen molar-refractivity contribution in [2.24, 2.45) is 5.10 Å². The number of esters is 1. The fourth-order valence-electron chi connectivity index (χ4n) is 3.12. The van der Waals surface area contributed by atoms with Gasteiger partial charge in [0.1, 0.15) is 5.75 Å². The molecule has 4 rings (SSSR count). The maximum atomic E-state index is 12.7. The minimum atomic E-state index is -0.497. The first kappa shape index (κ1) is 22.7. The zero-order valence-corrected chi connectivity index (χ0v) is 19.4. The molecule has 5 nitrogen and oxygen atoms in total. The van der Waals surface area contributed by atoms with Crippen LogP contribution in [0.5, 0.6) is 5.75 Å². The fraction of sp³-hybridized carbons (Fsp3) is 0. The lowest BCUT2D eigenvalue weighted by atomic mass is 10.0. The zero-order valence-electron chi connectivity index (χ0n) is 17.1. The summed E-state index contributed by atoms with van der Waals surface area (Å²) in [4.78, 5) is 12.7. The fourth-order valence-corrected chi connectivity index (χ4v) is 3.61. The van der Waals surface area contributed by atoms with Crippen LogP contribution < -0.4 is 15.5 Å². The summed E-state index contributed by atoms with van der Waals surface area (Å²) in [6, 6.07) is 25.0. The number of benzene rings is 4. The number of halogens is 2. The number of nitrogens with zero attached hydrogens (tertiary/aromatic N) is 1. The molecule has 0 radical (unpaired) electrons. The number of nitrogens with one attached hydrogen (secondary N) is 2. The maximum Gasteiger partial charge on any atom is 0.343 e. The number of ether oxygens (including phenoxy) is 1. The molecular formula is C25H17Cl2N3O2S. The molecular weight excluding hydrogens is 477 g/mol. The number of rotatable bonds is 5. The molecule has 0 saturated heterocycles. The molecule has 33 heavy (non-hydrogen) atoms. The third-order valence-corrected chi connectivity index (χ3v) is 5.34. The molecule has 0 amide bonds. The summed E-state index contributed by atoms with van der Waals surface area (Å²) >= 11 is 17.2. The molecule has 0 aliphatic heterocycles. The highest BCUT2D eigenvalue weighted by molar-refractivity contribution is 7.80. The van der Waals surface area contributed by atoms with E-state index in [9.17, 15) is 4.79 Å². The van der Waals surface area contributed by atoms with Crippen LogP contribution in [-0.2, 0) is 0 Å². The largest absolute Gasteiger partial charge is 0.422 e. The molecule has 0 heterocycles. The number of thiocarbonyl (C=S) groups is 1. The van der Waals surface area contributed by atoms with Crippen LogP contribution in [0.25, 0.3) is 10.8 Å². The van der Waals surface area contributed by atoms with E-state index in [0.29, 0.717) is 26.9 Å². The average molecular weight is 494 g/mol. The number of hydrogen-bond donors (Lipinski definition) is 2. The van der Waals surface area contributed by atoms with Crippen molar-refractivity contribution < 1.29 is 9.53 Å². The molecule has 0 bridgehead atoms. The number of hydrazone groups is 1. The molecule has 0 aliphatic rings. The Morgan fingerprint density at radius 3 is 2.48 bits per heavy atom. The van der Waals surface area contributed by atoms with Gasteiger partial charge in [-0.3, -0.25) is 5.43 Å². The van der Waals surface area contributed by atoms with Crippen molar-refractivity contribution in [2.45, 2.75) is 0 Å². The van der Waals surface area contributed by atoms with Gasteiger partial charge in [-0.05, 0) is 71.5 Å². The molecule has 164 valence electrons. The summed E-state index contributed by atoms with van der Waals surface area (Å²) in [5, 5.41) is 10.5. The Kier molecular flexibility index (Phi) is 7.19. The maximum absolute atomic E-state index is 12.7. The van der Waals surface area contributed by atoms with Crippen molar-refractivity contribution in [3.63, 3.8) is 0 Å². The Labute approximate surface area is 206 Å². The highest BCUT2D eigenvalue weighted by Crippen LogP contribution is 2.27. The summed E-state index contributed by atoms with van der Waals surface area (Å²) in [6.07, 6.45) is 1.57. The van der Waals surface area contributed by atoms with Gasteiger partial charge in [-0.15, -0.1) is 0 Å². The van der Waals surface area contributed by atoms with Gasteiger partial charge in [0.25, 0.3) is 0 Å². The topological polar surface area (TPSA) is 62.7 Å². The van der Waals surface area contributed by atoms with E-state index in [0.717, 1.165) is 16.5 Å². The van der Waals surface area contributed by atoms with E-state index < -0.39 is 5.97 Å². The van der Waals surface area contributed by atoms with E-state index in [1.807, 2.05) is 42.5 Å². The number of anilines is 1. The van der Waals surface area contributed by atoms with Gasteiger partial charge in [-0.25, -0.2) is 4.79 Å². The summed E-state index contributed by atoms with van der Waals surface area (Å²) in [6.45, 7) is 0. The Morgan fingerprint density at radius 1 is 0.909 bits per heavy atom. The van der Waals surface area contributed by atoms with Gasteiger partial charge >= 0.3 is 5.97 Å². The van der Waals surface area contributed by atoms with E-state index in [1.165, 1.54) is 0 Å². The standard InChI is InChI=1S/C25H17Cl2N3O2S/c26-18-11-8-17(9-12-18)24(31)32-23-13-10-16-4-1-2-7-21(16)22(23)15-28-30-25(33)29-20-6-3-5-19(27)14-20/h1-15H,(H2,29,30,33). The molecule has 0 aliphatic carbocycles. The first-order valence-corrected chi connectivity index (χ1v) is 11.0. The van der Waals surface area contributed by atoms with Crippen LogP contribution in [0.1, 0.15) is 15.9 Å². The molecule has 4 aromatic rings. The first-order chi connectivity index (χ1) is 16.0. The average Bonchev–Trinajstić information content (AvgIpc) is 2.80. The second-order valence-electron chi connectivity index (χ2n) is 6.93. The molecule has 0 fully saturated rings. The number of carbonyl (C=O) groups excluding carboxylic acids is 1. The van der Waals surface area contributed by atoms with E-state index in [2.05, 4.69) is 15.8 Å². The summed E-state index contributed by atoms with van der Waals surface area (Å²) in [7, 11) is 0. The van der Waals surface area contributed by atoms with Gasteiger partial charge in [0.2, 0.25) is 0 Å². The second-order valence-corrected chi connectivity index (χ2v) is 8.21.